The van der Waals surface area contributed by atoms with Gasteiger partial charge < -0.3 is 9.30 Å². The van der Waals surface area contributed by atoms with Gasteiger partial charge in [0.05, 0.1) is 13.3 Å². The van der Waals surface area contributed by atoms with E-state index >= 15 is 0 Å². The molecule has 0 bridgehead atoms. The van der Waals surface area contributed by atoms with E-state index in [9.17, 15) is 4.79 Å². The van der Waals surface area contributed by atoms with Gasteiger partial charge in [-0.3, -0.25) is 4.79 Å². The summed E-state index contributed by atoms with van der Waals surface area (Å²) in [6.07, 6.45) is 1.68. The molecule has 0 saturated heterocycles. The molecule has 0 aliphatic heterocycles. The molecule has 0 fully saturated rings. The van der Waals surface area contributed by atoms with E-state index in [0.29, 0.717) is 5.56 Å². The molecule has 0 aliphatic carbocycles. The van der Waals surface area contributed by atoms with Crippen LogP contribution in [0.15, 0.2) is 77.9 Å². The standard InChI is InChI=1S/C25H23N3O2/c1-17-14-22(18(2)28(17)23-10-12-24(30-3)13-11-23)16-26-27-25(29)21-9-8-19-6-4-5-7-20(19)15-21/h4-16H,1-3H3,(H,27,29)/b26-16+. The summed E-state index contributed by atoms with van der Waals surface area (Å²) in [5, 5.41) is 6.30. The fraction of sp³-hybridized carbons (Fsp3) is 0.120. The zero-order chi connectivity index (χ0) is 21.1. The number of ether oxygens (including phenoxy) is 1. The zero-order valence-corrected chi connectivity index (χ0v) is 17.2. The van der Waals surface area contributed by atoms with Gasteiger partial charge >= 0.3 is 0 Å². The number of aryl methyl sites for hydroxylation is 1. The van der Waals surface area contributed by atoms with Gasteiger partial charge in [-0.1, -0.05) is 30.3 Å². The highest BCUT2D eigenvalue weighted by molar-refractivity contribution is 5.99. The van der Waals surface area contributed by atoms with E-state index in [2.05, 4.69) is 15.1 Å². The maximum Gasteiger partial charge on any atom is 0.271 e. The van der Waals surface area contributed by atoms with E-state index in [1.54, 1.807) is 13.3 Å². The van der Waals surface area contributed by atoms with Gasteiger partial charge in [-0.05, 0) is 67.1 Å². The number of methoxy groups -OCH3 is 1. The number of benzene rings is 3. The fourth-order valence-corrected chi connectivity index (χ4v) is 3.60. The molecule has 5 nitrogen and oxygen atoms in total. The Morgan fingerprint density at radius 2 is 1.70 bits per heavy atom. The molecule has 0 aliphatic rings. The zero-order valence-electron chi connectivity index (χ0n) is 17.2. The van der Waals surface area contributed by atoms with Crippen molar-refractivity contribution in [1.82, 2.24) is 9.99 Å². The van der Waals surface area contributed by atoms with Gasteiger partial charge in [-0.25, -0.2) is 5.43 Å². The number of carbonyl (C=O) groups excluding carboxylic acids is 1. The summed E-state index contributed by atoms with van der Waals surface area (Å²) < 4.78 is 7.38. The van der Waals surface area contributed by atoms with Crippen molar-refractivity contribution in [3.63, 3.8) is 0 Å². The molecule has 0 saturated carbocycles. The molecule has 5 heteroatoms. The topological polar surface area (TPSA) is 55.6 Å². The van der Waals surface area contributed by atoms with Crippen molar-refractivity contribution in [3.8, 4) is 11.4 Å². The summed E-state index contributed by atoms with van der Waals surface area (Å²) >= 11 is 0. The quantitative estimate of drug-likeness (QED) is 0.380. The fourth-order valence-electron chi connectivity index (χ4n) is 3.60. The number of hydrogen-bond donors (Lipinski definition) is 1. The summed E-state index contributed by atoms with van der Waals surface area (Å²) in [6.45, 7) is 4.08. The number of hydrazone groups is 1. The highest BCUT2D eigenvalue weighted by Crippen LogP contribution is 2.22. The minimum atomic E-state index is -0.235. The Labute approximate surface area is 175 Å². The molecule has 1 N–H and O–H groups in total. The van der Waals surface area contributed by atoms with E-state index in [4.69, 9.17) is 4.74 Å². The van der Waals surface area contributed by atoms with Crippen molar-refractivity contribution in [2.75, 3.05) is 7.11 Å². The van der Waals surface area contributed by atoms with Crippen LogP contribution in [0.3, 0.4) is 0 Å². The van der Waals surface area contributed by atoms with Gasteiger partial charge in [0.15, 0.2) is 0 Å². The normalized spacial score (nSPS) is 11.2. The third-order valence-corrected chi connectivity index (χ3v) is 5.18. The number of nitrogens with zero attached hydrogens (tertiary/aromatic N) is 2. The van der Waals surface area contributed by atoms with Gasteiger partial charge in [0, 0.05) is 28.2 Å². The van der Waals surface area contributed by atoms with Crippen LogP contribution < -0.4 is 10.2 Å². The van der Waals surface area contributed by atoms with Crippen LogP contribution in [0.4, 0.5) is 0 Å². The summed E-state index contributed by atoms with van der Waals surface area (Å²) in [7, 11) is 1.65. The van der Waals surface area contributed by atoms with E-state index in [1.807, 2.05) is 86.6 Å². The molecule has 150 valence electrons. The number of fused-ring (bicyclic) bond motifs is 1. The Bertz CT molecular complexity index is 1240. The Kier molecular flexibility index (Phi) is 5.35. The third kappa shape index (κ3) is 3.82. The summed E-state index contributed by atoms with van der Waals surface area (Å²) in [4.78, 5) is 12.5. The molecular weight excluding hydrogens is 374 g/mol. The van der Waals surface area contributed by atoms with Gasteiger partial charge in [0.25, 0.3) is 5.91 Å². The first-order valence-electron chi connectivity index (χ1n) is 9.72. The molecule has 1 heterocycles. The van der Waals surface area contributed by atoms with Crippen LogP contribution in [0.5, 0.6) is 5.75 Å². The Morgan fingerprint density at radius 1 is 0.967 bits per heavy atom. The smallest absolute Gasteiger partial charge is 0.271 e. The van der Waals surface area contributed by atoms with Gasteiger partial charge in [0.2, 0.25) is 0 Å². The van der Waals surface area contributed by atoms with Crippen LogP contribution in [0.1, 0.15) is 27.3 Å². The second-order valence-corrected chi connectivity index (χ2v) is 7.12. The molecule has 0 radical (unpaired) electrons. The number of rotatable bonds is 5. The van der Waals surface area contributed by atoms with Crippen molar-refractivity contribution in [3.05, 3.63) is 95.3 Å². The third-order valence-electron chi connectivity index (χ3n) is 5.18. The maximum absolute atomic E-state index is 12.5. The maximum atomic E-state index is 12.5. The lowest BCUT2D eigenvalue weighted by molar-refractivity contribution is 0.0955. The lowest BCUT2D eigenvalue weighted by atomic mass is 10.1. The lowest BCUT2D eigenvalue weighted by Crippen LogP contribution is -2.17. The molecule has 1 amide bonds. The second-order valence-electron chi connectivity index (χ2n) is 7.12. The minimum Gasteiger partial charge on any atom is -0.497 e. The number of nitrogens with one attached hydrogen (secondary N) is 1. The average molecular weight is 397 g/mol. The van der Waals surface area contributed by atoms with Gasteiger partial charge in [0.1, 0.15) is 5.75 Å². The van der Waals surface area contributed by atoms with E-state index in [-0.39, 0.29) is 5.91 Å². The summed E-state index contributed by atoms with van der Waals surface area (Å²) in [5.41, 5.74) is 7.33. The SMILES string of the molecule is COc1ccc(-n2c(C)cc(/C=N/NC(=O)c3ccc4ccccc4c3)c2C)cc1. The molecule has 0 atom stereocenters. The number of aromatic nitrogens is 1. The second kappa shape index (κ2) is 8.25. The van der Waals surface area contributed by atoms with E-state index in [0.717, 1.165) is 39.2 Å². The van der Waals surface area contributed by atoms with Crippen molar-refractivity contribution in [2.45, 2.75) is 13.8 Å². The Morgan fingerprint density at radius 3 is 2.43 bits per heavy atom. The van der Waals surface area contributed by atoms with Crippen LogP contribution in [-0.4, -0.2) is 23.8 Å². The largest absolute Gasteiger partial charge is 0.497 e. The molecule has 3 aromatic carbocycles. The number of hydrogen-bond acceptors (Lipinski definition) is 3. The van der Waals surface area contributed by atoms with Crippen molar-refractivity contribution in [1.29, 1.82) is 0 Å². The number of carbonyl (C=O) groups is 1. The molecule has 30 heavy (non-hydrogen) atoms. The molecule has 0 spiro atoms. The Balaban J connectivity index is 1.51. The minimum absolute atomic E-state index is 0.235. The first kappa shape index (κ1) is 19.5. The van der Waals surface area contributed by atoms with Crippen molar-refractivity contribution in [2.24, 2.45) is 5.10 Å². The molecular formula is C25H23N3O2. The lowest BCUT2D eigenvalue weighted by Gasteiger charge is -2.10. The van der Waals surface area contributed by atoms with E-state index < -0.39 is 0 Å². The van der Waals surface area contributed by atoms with E-state index in [1.165, 1.54) is 0 Å². The Hall–Kier alpha value is -3.86. The first-order chi connectivity index (χ1) is 14.6. The molecule has 0 unspecified atom stereocenters. The van der Waals surface area contributed by atoms with Gasteiger partial charge in [-0.2, -0.15) is 5.10 Å². The average Bonchev–Trinajstić information content (AvgIpc) is 3.06. The van der Waals surface area contributed by atoms with Crippen molar-refractivity contribution < 1.29 is 9.53 Å². The van der Waals surface area contributed by atoms with Crippen LogP contribution in [0.2, 0.25) is 0 Å². The predicted molar refractivity (Wildman–Crippen MR) is 121 cm³/mol. The summed E-state index contributed by atoms with van der Waals surface area (Å²) in [5.74, 6) is 0.584. The van der Waals surface area contributed by atoms with Crippen LogP contribution in [0.25, 0.3) is 16.5 Å². The van der Waals surface area contributed by atoms with Crippen LogP contribution >= 0.6 is 0 Å². The highest BCUT2D eigenvalue weighted by atomic mass is 16.5. The molecule has 4 aromatic rings. The number of amides is 1. The predicted octanol–water partition coefficient (Wildman–Crippen LogP) is 5.02. The van der Waals surface area contributed by atoms with Crippen LogP contribution in [0, 0.1) is 13.8 Å². The first-order valence-corrected chi connectivity index (χ1v) is 9.72. The van der Waals surface area contributed by atoms with Crippen LogP contribution in [-0.2, 0) is 0 Å². The van der Waals surface area contributed by atoms with Gasteiger partial charge in [-0.15, -0.1) is 0 Å². The summed E-state index contributed by atoms with van der Waals surface area (Å²) in [6, 6.07) is 23.5. The highest BCUT2D eigenvalue weighted by Gasteiger charge is 2.10. The van der Waals surface area contributed by atoms with Crippen molar-refractivity contribution >= 4 is 22.9 Å². The monoisotopic (exact) mass is 397 g/mol. The molecule has 1 aromatic heterocycles. The molecule has 4 rings (SSSR count).